The zero-order valence-corrected chi connectivity index (χ0v) is 9.56. The Labute approximate surface area is 93.5 Å². The summed E-state index contributed by atoms with van der Waals surface area (Å²) in [6, 6.07) is 3.62. The Hall–Kier alpha value is -1.84. The van der Waals surface area contributed by atoms with Crippen molar-refractivity contribution in [3.63, 3.8) is 0 Å². The van der Waals surface area contributed by atoms with Gasteiger partial charge in [-0.1, -0.05) is 13.8 Å². The smallest absolute Gasteiger partial charge is 0.354 e. The summed E-state index contributed by atoms with van der Waals surface area (Å²) in [5.74, 6) is -0.569. The molecule has 2 aromatic rings. The Bertz CT molecular complexity index is 555. The van der Waals surface area contributed by atoms with Gasteiger partial charge in [-0.05, 0) is 30.5 Å². The maximum absolute atomic E-state index is 10.8. The third-order valence-electron chi connectivity index (χ3n) is 2.80. The van der Waals surface area contributed by atoms with E-state index in [1.54, 1.807) is 12.4 Å². The van der Waals surface area contributed by atoms with Crippen LogP contribution in [0.2, 0.25) is 0 Å². The lowest BCUT2D eigenvalue weighted by Gasteiger charge is -2.03. The largest absolute Gasteiger partial charge is 0.477 e. The van der Waals surface area contributed by atoms with Gasteiger partial charge in [0.05, 0.1) is 0 Å². The number of rotatable bonds is 2. The lowest BCUT2D eigenvalue weighted by Crippen LogP contribution is -2.01. The van der Waals surface area contributed by atoms with E-state index in [1.165, 1.54) is 5.56 Å². The topological polar surface area (TPSA) is 54.6 Å². The minimum atomic E-state index is -0.993. The van der Waals surface area contributed by atoms with Crippen LogP contribution in [0.5, 0.6) is 0 Å². The minimum absolute atomic E-state index is 0.0836. The van der Waals surface area contributed by atoms with Gasteiger partial charge in [0.1, 0.15) is 6.33 Å². The van der Waals surface area contributed by atoms with Crippen LogP contribution >= 0.6 is 0 Å². The highest BCUT2D eigenvalue weighted by Crippen LogP contribution is 2.23. The number of carboxylic acid groups (broad SMARTS) is 1. The Balaban J connectivity index is 2.67. The molecular formula is C12H14N2O2. The van der Waals surface area contributed by atoms with Crippen molar-refractivity contribution in [2.45, 2.75) is 26.7 Å². The minimum Gasteiger partial charge on any atom is -0.477 e. The first kappa shape index (κ1) is 10.7. The molecule has 0 saturated heterocycles. The molecule has 1 N–H and O–H groups in total. The van der Waals surface area contributed by atoms with Gasteiger partial charge in [-0.3, -0.25) is 0 Å². The molecule has 0 atom stereocenters. The van der Waals surface area contributed by atoms with E-state index in [1.807, 2.05) is 17.4 Å². The van der Waals surface area contributed by atoms with Gasteiger partial charge in [0.25, 0.3) is 0 Å². The normalized spacial score (nSPS) is 11.2. The van der Waals surface area contributed by atoms with Gasteiger partial charge in [-0.15, -0.1) is 0 Å². The van der Waals surface area contributed by atoms with Crippen LogP contribution in [0.3, 0.4) is 0 Å². The summed E-state index contributed by atoms with van der Waals surface area (Å²) >= 11 is 0. The lowest BCUT2D eigenvalue weighted by atomic mass is 10.0. The zero-order valence-electron chi connectivity index (χ0n) is 9.56. The summed E-state index contributed by atoms with van der Waals surface area (Å²) in [6.45, 7) is 6.26. The van der Waals surface area contributed by atoms with Gasteiger partial charge in [0.2, 0.25) is 0 Å². The molecule has 84 valence electrons. The average molecular weight is 218 g/mol. The molecule has 0 saturated carbocycles. The molecule has 0 unspecified atom stereocenters. The summed E-state index contributed by atoms with van der Waals surface area (Å²) in [7, 11) is 0. The summed E-state index contributed by atoms with van der Waals surface area (Å²) in [6.07, 6.45) is 1.57. The Morgan fingerprint density at radius 1 is 1.44 bits per heavy atom. The first-order valence-electron chi connectivity index (χ1n) is 5.21. The molecule has 2 heterocycles. The molecule has 0 spiro atoms. The first-order valence-corrected chi connectivity index (χ1v) is 5.21. The maximum atomic E-state index is 10.8. The van der Waals surface area contributed by atoms with Crippen molar-refractivity contribution in [3.05, 3.63) is 35.4 Å². The highest BCUT2D eigenvalue weighted by Gasteiger charge is 2.12. The van der Waals surface area contributed by atoms with E-state index in [0.717, 1.165) is 11.2 Å². The van der Waals surface area contributed by atoms with Gasteiger partial charge in [-0.2, -0.15) is 0 Å². The van der Waals surface area contributed by atoms with Crippen molar-refractivity contribution >= 4 is 11.5 Å². The Morgan fingerprint density at radius 3 is 2.69 bits per heavy atom. The van der Waals surface area contributed by atoms with E-state index in [9.17, 15) is 4.79 Å². The fraction of sp³-hybridized carbons (Fsp3) is 0.333. The zero-order chi connectivity index (χ0) is 11.9. The van der Waals surface area contributed by atoms with Gasteiger partial charge in [-0.25, -0.2) is 9.78 Å². The number of carbonyl (C=O) groups is 1. The second kappa shape index (κ2) is 3.63. The second-order valence-electron chi connectivity index (χ2n) is 4.21. The van der Waals surface area contributed by atoms with Gasteiger partial charge < -0.3 is 9.51 Å². The van der Waals surface area contributed by atoms with Gasteiger partial charge in [0.15, 0.2) is 5.69 Å². The summed E-state index contributed by atoms with van der Waals surface area (Å²) in [5, 5.41) is 8.86. The highest BCUT2D eigenvalue weighted by atomic mass is 16.4. The van der Waals surface area contributed by atoms with E-state index in [4.69, 9.17) is 5.11 Å². The first-order chi connectivity index (χ1) is 7.50. The predicted molar refractivity (Wildman–Crippen MR) is 61.0 cm³/mol. The number of aromatic nitrogens is 2. The Morgan fingerprint density at radius 2 is 2.12 bits per heavy atom. The molecule has 4 heteroatoms. The van der Waals surface area contributed by atoms with Crippen molar-refractivity contribution < 1.29 is 9.90 Å². The molecule has 0 aliphatic heterocycles. The number of hydrogen-bond donors (Lipinski definition) is 1. The number of fused-ring (bicyclic) bond motifs is 1. The third-order valence-corrected chi connectivity index (χ3v) is 2.80. The Kier molecular flexibility index (Phi) is 2.42. The number of carboxylic acids is 1. The average Bonchev–Trinajstić information content (AvgIpc) is 2.55. The molecule has 16 heavy (non-hydrogen) atoms. The molecule has 0 radical (unpaired) electrons. The van der Waals surface area contributed by atoms with E-state index in [2.05, 4.69) is 18.8 Å². The molecule has 0 aromatic carbocycles. The van der Waals surface area contributed by atoms with Crippen LogP contribution in [0.1, 0.15) is 41.5 Å². The maximum Gasteiger partial charge on any atom is 0.354 e. The summed E-state index contributed by atoms with van der Waals surface area (Å²) < 4.78 is 1.92. The lowest BCUT2D eigenvalue weighted by molar-refractivity contribution is 0.0690. The molecule has 0 bridgehead atoms. The van der Waals surface area contributed by atoms with Crippen LogP contribution in [-0.2, 0) is 0 Å². The number of nitrogens with zero attached hydrogens (tertiary/aromatic N) is 2. The molecule has 2 aromatic heterocycles. The quantitative estimate of drug-likeness (QED) is 0.842. The van der Waals surface area contributed by atoms with E-state index in [-0.39, 0.29) is 5.69 Å². The van der Waals surface area contributed by atoms with Crippen LogP contribution in [0, 0.1) is 6.92 Å². The van der Waals surface area contributed by atoms with E-state index >= 15 is 0 Å². The van der Waals surface area contributed by atoms with Crippen LogP contribution in [0.15, 0.2) is 18.5 Å². The van der Waals surface area contributed by atoms with Crippen molar-refractivity contribution in [1.29, 1.82) is 0 Å². The van der Waals surface area contributed by atoms with Crippen molar-refractivity contribution in [2.75, 3.05) is 0 Å². The summed E-state index contributed by atoms with van der Waals surface area (Å²) in [4.78, 5) is 14.7. The van der Waals surface area contributed by atoms with Crippen molar-refractivity contribution in [1.82, 2.24) is 9.38 Å². The standard InChI is InChI=1S/C12H14N2O2/c1-7(2)10-4-9-5-11(12(15)16)13-6-14(9)8(10)3/h4-7H,1-3H3,(H,15,16). The molecular weight excluding hydrogens is 204 g/mol. The summed E-state index contributed by atoms with van der Waals surface area (Å²) in [5.41, 5.74) is 3.31. The molecule has 0 amide bonds. The van der Waals surface area contributed by atoms with E-state index < -0.39 is 5.97 Å². The fourth-order valence-corrected chi connectivity index (χ4v) is 1.93. The van der Waals surface area contributed by atoms with Crippen molar-refractivity contribution in [2.24, 2.45) is 0 Å². The second-order valence-corrected chi connectivity index (χ2v) is 4.21. The molecule has 2 rings (SSSR count). The van der Waals surface area contributed by atoms with Gasteiger partial charge >= 0.3 is 5.97 Å². The number of aryl methyl sites for hydroxylation is 1. The monoisotopic (exact) mass is 218 g/mol. The third kappa shape index (κ3) is 1.56. The molecule has 0 fully saturated rings. The van der Waals surface area contributed by atoms with Crippen LogP contribution in [0.25, 0.3) is 5.52 Å². The molecule has 0 aliphatic rings. The van der Waals surface area contributed by atoms with Crippen molar-refractivity contribution in [3.8, 4) is 0 Å². The molecule has 4 nitrogen and oxygen atoms in total. The van der Waals surface area contributed by atoms with Crippen LogP contribution in [0.4, 0.5) is 0 Å². The van der Waals surface area contributed by atoms with Gasteiger partial charge in [0, 0.05) is 11.2 Å². The molecule has 0 aliphatic carbocycles. The predicted octanol–water partition coefficient (Wildman–Crippen LogP) is 2.46. The number of hydrogen-bond acceptors (Lipinski definition) is 2. The van der Waals surface area contributed by atoms with Crippen LogP contribution < -0.4 is 0 Å². The highest BCUT2D eigenvalue weighted by molar-refractivity contribution is 5.86. The SMILES string of the molecule is Cc1c(C(C)C)cc2cc(C(=O)O)ncn12. The van der Waals surface area contributed by atoms with Crippen LogP contribution in [-0.4, -0.2) is 20.5 Å². The fourth-order valence-electron chi connectivity index (χ4n) is 1.93. The number of aromatic carboxylic acids is 1. The van der Waals surface area contributed by atoms with E-state index in [0.29, 0.717) is 5.92 Å².